The summed E-state index contributed by atoms with van der Waals surface area (Å²) in [7, 11) is 0. The van der Waals surface area contributed by atoms with E-state index in [0.717, 1.165) is 23.4 Å². The highest BCUT2D eigenvalue weighted by Gasteiger charge is 2.10. The predicted octanol–water partition coefficient (Wildman–Crippen LogP) is 2.40. The Kier molecular flexibility index (Phi) is 4.62. The highest BCUT2D eigenvalue weighted by molar-refractivity contribution is 5.57. The number of aryl methyl sites for hydroxylation is 1. The molecule has 1 aromatic rings. The summed E-state index contributed by atoms with van der Waals surface area (Å²) in [6.45, 7) is 6.48. The van der Waals surface area contributed by atoms with E-state index in [4.69, 9.17) is 5.73 Å². The Morgan fingerprint density at radius 1 is 1.38 bits per heavy atom. The van der Waals surface area contributed by atoms with Crippen LogP contribution in [0.4, 0.5) is 11.4 Å². The second-order valence-electron chi connectivity index (χ2n) is 4.73. The molecule has 0 saturated heterocycles. The lowest BCUT2D eigenvalue weighted by Crippen LogP contribution is -2.25. The van der Waals surface area contributed by atoms with Crippen LogP contribution in [-0.4, -0.2) is 17.8 Å². The van der Waals surface area contributed by atoms with Crippen LogP contribution in [0.15, 0.2) is 18.2 Å². The Labute approximate surface area is 97.7 Å². The zero-order chi connectivity index (χ0) is 12.1. The molecule has 0 radical (unpaired) electrons. The van der Waals surface area contributed by atoms with E-state index < -0.39 is 0 Å². The molecule has 90 valence electrons. The van der Waals surface area contributed by atoms with E-state index in [1.165, 1.54) is 0 Å². The van der Waals surface area contributed by atoms with Crippen molar-refractivity contribution >= 4 is 11.4 Å². The molecule has 4 N–H and O–H groups in total. The Balaban J connectivity index is 2.70. The van der Waals surface area contributed by atoms with Gasteiger partial charge in [0.15, 0.2) is 0 Å². The van der Waals surface area contributed by atoms with Crippen molar-refractivity contribution in [2.24, 2.45) is 5.92 Å². The van der Waals surface area contributed by atoms with Crippen LogP contribution in [0.25, 0.3) is 0 Å². The number of rotatable bonds is 5. The molecule has 0 spiro atoms. The molecule has 0 fully saturated rings. The Morgan fingerprint density at radius 3 is 2.56 bits per heavy atom. The highest BCUT2D eigenvalue weighted by atomic mass is 16.3. The van der Waals surface area contributed by atoms with Crippen LogP contribution in [0.1, 0.15) is 25.8 Å². The van der Waals surface area contributed by atoms with Gasteiger partial charge in [-0.15, -0.1) is 0 Å². The molecular formula is C13H22N2O. The van der Waals surface area contributed by atoms with Gasteiger partial charge in [0, 0.05) is 17.4 Å². The number of aliphatic hydroxyl groups is 1. The van der Waals surface area contributed by atoms with E-state index >= 15 is 0 Å². The standard InChI is InChI=1S/C13H22N2O/c1-9(2)6-12(8-16)15-13-5-4-11(14)7-10(13)3/h4-5,7,9,12,15-16H,6,8,14H2,1-3H3. The minimum atomic E-state index is 0.113. The highest BCUT2D eigenvalue weighted by Crippen LogP contribution is 2.20. The summed E-state index contributed by atoms with van der Waals surface area (Å²) in [4.78, 5) is 0. The van der Waals surface area contributed by atoms with Gasteiger partial charge in [-0.1, -0.05) is 13.8 Å². The maximum Gasteiger partial charge on any atom is 0.0632 e. The minimum absolute atomic E-state index is 0.113. The van der Waals surface area contributed by atoms with Gasteiger partial charge >= 0.3 is 0 Å². The molecule has 1 atom stereocenters. The molecule has 3 nitrogen and oxygen atoms in total. The molecule has 3 heteroatoms. The molecule has 1 rings (SSSR count). The molecular weight excluding hydrogens is 200 g/mol. The summed E-state index contributed by atoms with van der Waals surface area (Å²) in [6, 6.07) is 5.89. The first-order valence-corrected chi connectivity index (χ1v) is 5.76. The SMILES string of the molecule is Cc1cc(N)ccc1NC(CO)CC(C)C. The van der Waals surface area contributed by atoms with E-state index in [1.807, 2.05) is 25.1 Å². The van der Waals surface area contributed by atoms with E-state index in [0.29, 0.717) is 5.92 Å². The monoisotopic (exact) mass is 222 g/mol. The largest absolute Gasteiger partial charge is 0.399 e. The number of nitrogens with two attached hydrogens (primary N) is 1. The van der Waals surface area contributed by atoms with E-state index in [-0.39, 0.29) is 12.6 Å². The molecule has 0 bridgehead atoms. The van der Waals surface area contributed by atoms with Gasteiger partial charge in [-0.3, -0.25) is 0 Å². The summed E-state index contributed by atoms with van der Waals surface area (Å²) < 4.78 is 0. The molecule has 0 aliphatic carbocycles. The lowest BCUT2D eigenvalue weighted by molar-refractivity contribution is 0.259. The first kappa shape index (κ1) is 12.8. The number of hydrogen-bond acceptors (Lipinski definition) is 3. The Morgan fingerprint density at radius 2 is 2.06 bits per heavy atom. The number of anilines is 2. The molecule has 0 aliphatic heterocycles. The Hall–Kier alpha value is -1.22. The van der Waals surface area contributed by atoms with Crippen molar-refractivity contribution in [3.8, 4) is 0 Å². The van der Waals surface area contributed by atoms with Crippen molar-refractivity contribution in [2.45, 2.75) is 33.2 Å². The fourth-order valence-corrected chi connectivity index (χ4v) is 1.82. The third-order valence-electron chi connectivity index (χ3n) is 2.59. The van der Waals surface area contributed by atoms with Crippen molar-refractivity contribution in [2.75, 3.05) is 17.7 Å². The molecule has 0 aromatic heterocycles. The van der Waals surface area contributed by atoms with Gasteiger partial charge in [0.25, 0.3) is 0 Å². The molecule has 0 aliphatic rings. The van der Waals surface area contributed by atoms with Gasteiger partial charge in [-0.2, -0.15) is 0 Å². The summed E-state index contributed by atoms with van der Waals surface area (Å²) in [5.41, 5.74) is 8.63. The van der Waals surface area contributed by atoms with Gasteiger partial charge in [0.2, 0.25) is 0 Å². The summed E-state index contributed by atoms with van der Waals surface area (Å²) in [6.07, 6.45) is 0.959. The molecule has 16 heavy (non-hydrogen) atoms. The topological polar surface area (TPSA) is 58.3 Å². The zero-order valence-corrected chi connectivity index (χ0v) is 10.3. The predicted molar refractivity (Wildman–Crippen MR) is 69.5 cm³/mol. The maximum atomic E-state index is 9.29. The van der Waals surface area contributed by atoms with Crippen LogP contribution in [0.5, 0.6) is 0 Å². The molecule has 0 heterocycles. The lowest BCUT2D eigenvalue weighted by Gasteiger charge is -2.20. The van der Waals surface area contributed by atoms with Gasteiger partial charge in [0.1, 0.15) is 0 Å². The van der Waals surface area contributed by atoms with Crippen LogP contribution in [0, 0.1) is 12.8 Å². The first-order valence-electron chi connectivity index (χ1n) is 5.76. The zero-order valence-electron chi connectivity index (χ0n) is 10.3. The van der Waals surface area contributed by atoms with Crippen molar-refractivity contribution in [1.29, 1.82) is 0 Å². The maximum absolute atomic E-state index is 9.29. The second kappa shape index (κ2) is 5.75. The molecule has 1 aromatic carbocycles. The van der Waals surface area contributed by atoms with Crippen molar-refractivity contribution in [3.63, 3.8) is 0 Å². The van der Waals surface area contributed by atoms with E-state index in [2.05, 4.69) is 19.2 Å². The van der Waals surface area contributed by atoms with Crippen LogP contribution >= 0.6 is 0 Å². The van der Waals surface area contributed by atoms with Gasteiger partial charge in [-0.05, 0) is 43.0 Å². The van der Waals surface area contributed by atoms with Crippen LogP contribution in [0.3, 0.4) is 0 Å². The van der Waals surface area contributed by atoms with E-state index in [9.17, 15) is 5.11 Å². The second-order valence-corrected chi connectivity index (χ2v) is 4.73. The molecule has 1 unspecified atom stereocenters. The fraction of sp³-hybridized carbons (Fsp3) is 0.538. The average molecular weight is 222 g/mol. The summed E-state index contributed by atoms with van der Waals surface area (Å²) in [5.74, 6) is 0.568. The van der Waals surface area contributed by atoms with Gasteiger partial charge in [-0.25, -0.2) is 0 Å². The molecule has 0 saturated carbocycles. The Bertz CT molecular complexity index is 337. The number of hydrogen-bond donors (Lipinski definition) is 3. The first-order chi connectivity index (χ1) is 7.52. The quantitative estimate of drug-likeness (QED) is 0.670. The fourth-order valence-electron chi connectivity index (χ4n) is 1.82. The van der Waals surface area contributed by atoms with Crippen LogP contribution < -0.4 is 11.1 Å². The third kappa shape index (κ3) is 3.74. The third-order valence-corrected chi connectivity index (χ3v) is 2.59. The van der Waals surface area contributed by atoms with Gasteiger partial charge < -0.3 is 16.2 Å². The van der Waals surface area contributed by atoms with Crippen molar-refractivity contribution in [3.05, 3.63) is 23.8 Å². The summed E-state index contributed by atoms with van der Waals surface area (Å²) >= 11 is 0. The lowest BCUT2D eigenvalue weighted by atomic mass is 10.0. The van der Waals surface area contributed by atoms with Crippen LogP contribution in [0.2, 0.25) is 0 Å². The average Bonchev–Trinajstić information content (AvgIpc) is 2.20. The minimum Gasteiger partial charge on any atom is -0.399 e. The van der Waals surface area contributed by atoms with E-state index in [1.54, 1.807) is 0 Å². The number of benzene rings is 1. The number of aliphatic hydroxyl groups excluding tert-OH is 1. The number of nitrogens with one attached hydrogen (secondary N) is 1. The van der Waals surface area contributed by atoms with Crippen molar-refractivity contribution < 1.29 is 5.11 Å². The van der Waals surface area contributed by atoms with Crippen LogP contribution in [-0.2, 0) is 0 Å². The number of nitrogen functional groups attached to an aromatic ring is 1. The molecule has 0 amide bonds. The normalized spacial score (nSPS) is 12.8. The van der Waals surface area contributed by atoms with Gasteiger partial charge in [0.05, 0.1) is 6.61 Å². The van der Waals surface area contributed by atoms with Crippen molar-refractivity contribution in [1.82, 2.24) is 0 Å². The smallest absolute Gasteiger partial charge is 0.0632 e. The summed E-state index contributed by atoms with van der Waals surface area (Å²) in [5, 5.41) is 12.6.